The molecule has 1 N–H and O–H groups in total. The van der Waals surface area contributed by atoms with Crippen LogP contribution in [0.25, 0.3) is 0 Å². The molecule has 5 nitrogen and oxygen atoms in total. The maximum absolute atomic E-state index is 12.2. The molecule has 0 radical (unpaired) electrons. The van der Waals surface area contributed by atoms with E-state index in [0.717, 1.165) is 4.90 Å². The Hall–Kier alpha value is -1.36. The Balaban J connectivity index is 2.87. The van der Waals surface area contributed by atoms with E-state index in [1.165, 1.54) is 0 Å². The minimum absolute atomic E-state index is 0.120. The van der Waals surface area contributed by atoms with Gasteiger partial charge < -0.3 is 9.84 Å². The van der Waals surface area contributed by atoms with Gasteiger partial charge in [-0.2, -0.15) is 0 Å². The van der Waals surface area contributed by atoms with Gasteiger partial charge in [-0.3, -0.25) is 4.79 Å². The lowest BCUT2D eigenvalue weighted by Crippen LogP contribution is -2.46. The summed E-state index contributed by atoms with van der Waals surface area (Å²) in [7, 11) is 0. The zero-order valence-corrected chi connectivity index (χ0v) is 11.3. The van der Waals surface area contributed by atoms with E-state index in [9.17, 15) is 14.7 Å². The molecule has 0 unspecified atom stereocenters. The highest BCUT2D eigenvalue weighted by Crippen LogP contribution is 2.24. The Bertz CT molecular complexity index is 364. The maximum atomic E-state index is 12.2. The van der Waals surface area contributed by atoms with Gasteiger partial charge >= 0.3 is 6.09 Å². The first-order valence-electron chi connectivity index (χ1n) is 6.10. The summed E-state index contributed by atoms with van der Waals surface area (Å²) in [6, 6.07) is -0.259. The van der Waals surface area contributed by atoms with Crippen LogP contribution in [0.4, 0.5) is 4.79 Å². The van der Waals surface area contributed by atoms with Gasteiger partial charge in [0.1, 0.15) is 6.61 Å². The zero-order chi connectivity index (χ0) is 14.0. The van der Waals surface area contributed by atoms with Crippen molar-refractivity contribution < 1.29 is 19.4 Å². The Kier molecular flexibility index (Phi) is 4.51. The lowest BCUT2D eigenvalue weighted by atomic mass is 9.96. The van der Waals surface area contributed by atoms with Crippen molar-refractivity contribution >= 4 is 12.0 Å². The molecule has 5 heteroatoms. The predicted molar refractivity (Wildman–Crippen MR) is 66.8 cm³/mol. The molecule has 0 saturated carbocycles. The summed E-state index contributed by atoms with van der Waals surface area (Å²) < 4.78 is 4.91. The van der Waals surface area contributed by atoms with Crippen molar-refractivity contribution in [3.8, 4) is 0 Å². The molecule has 102 valence electrons. The molecule has 0 spiro atoms. The van der Waals surface area contributed by atoms with E-state index in [0.29, 0.717) is 5.57 Å². The van der Waals surface area contributed by atoms with Crippen molar-refractivity contribution in [1.29, 1.82) is 0 Å². The Morgan fingerprint density at radius 3 is 2.50 bits per heavy atom. The first-order valence-corrected chi connectivity index (χ1v) is 6.10. The molecule has 1 saturated heterocycles. The number of carbonyl (C=O) groups is 2. The maximum Gasteiger partial charge on any atom is 0.416 e. The molecule has 0 aromatic carbocycles. The summed E-state index contributed by atoms with van der Waals surface area (Å²) in [5, 5.41) is 9.84. The SMILES string of the molecule is C=C(C)[C@H](O)[C@H](C)C(=O)N1C(=O)OC[C@@H]1C(C)C. The number of hydrogen-bond acceptors (Lipinski definition) is 4. The van der Waals surface area contributed by atoms with Crippen molar-refractivity contribution in [1.82, 2.24) is 4.90 Å². The molecular formula is C13H21NO4. The van der Waals surface area contributed by atoms with Gasteiger partial charge in [0, 0.05) is 0 Å². The smallest absolute Gasteiger partial charge is 0.416 e. The largest absolute Gasteiger partial charge is 0.447 e. The van der Waals surface area contributed by atoms with Gasteiger partial charge in [0.05, 0.1) is 18.1 Å². The highest BCUT2D eigenvalue weighted by molar-refractivity contribution is 5.95. The van der Waals surface area contributed by atoms with E-state index in [2.05, 4.69) is 6.58 Å². The highest BCUT2D eigenvalue weighted by atomic mass is 16.6. The summed E-state index contributed by atoms with van der Waals surface area (Å²) in [5.74, 6) is -0.990. The highest BCUT2D eigenvalue weighted by Gasteiger charge is 2.42. The standard InChI is InChI=1S/C13H21NO4/c1-7(2)10-6-18-13(17)14(10)12(16)9(5)11(15)8(3)4/h7,9-11,15H,3,6H2,1-2,4-5H3/t9-,10+,11-/m0/s1. The summed E-state index contributed by atoms with van der Waals surface area (Å²) >= 11 is 0. The summed E-state index contributed by atoms with van der Waals surface area (Å²) in [4.78, 5) is 25.0. The van der Waals surface area contributed by atoms with Crippen molar-refractivity contribution in [3.05, 3.63) is 12.2 Å². The quantitative estimate of drug-likeness (QED) is 0.774. The molecule has 0 aromatic heterocycles. The third-order valence-electron chi connectivity index (χ3n) is 3.28. The van der Waals surface area contributed by atoms with Crippen molar-refractivity contribution in [3.63, 3.8) is 0 Å². The summed E-state index contributed by atoms with van der Waals surface area (Å²) in [5.41, 5.74) is 0.504. The third kappa shape index (κ3) is 2.72. The molecule has 1 fully saturated rings. The van der Waals surface area contributed by atoms with Gasteiger partial charge in [0.25, 0.3) is 0 Å². The van der Waals surface area contributed by atoms with E-state index in [1.54, 1.807) is 13.8 Å². The Morgan fingerprint density at radius 1 is 1.50 bits per heavy atom. The van der Waals surface area contributed by atoms with Crippen LogP contribution in [0.15, 0.2) is 12.2 Å². The van der Waals surface area contributed by atoms with Crippen LogP contribution in [0, 0.1) is 11.8 Å². The summed E-state index contributed by atoms with van der Waals surface area (Å²) in [6.07, 6.45) is -1.57. The van der Waals surface area contributed by atoms with E-state index in [-0.39, 0.29) is 18.6 Å². The van der Waals surface area contributed by atoms with Gasteiger partial charge in [-0.15, -0.1) is 0 Å². The fraction of sp³-hybridized carbons (Fsp3) is 0.692. The third-order valence-corrected chi connectivity index (χ3v) is 3.28. The summed E-state index contributed by atoms with van der Waals surface area (Å²) in [6.45, 7) is 10.9. The lowest BCUT2D eigenvalue weighted by molar-refractivity contribution is -0.136. The number of hydrogen-bond donors (Lipinski definition) is 1. The number of aliphatic hydroxyl groups is 1. The van der Waals surface area contributed by atoms with Crippen LogP contribution >= 0.6 is 0 Å². The number of rotatable bonds is 4. The van der Waals surface area contributed by atoms with Crippen LogP contribution in [0.3, 0.4) is 0 Å². The topological polar surface area (TPSA) is 66.8 Å². The van der Waals surface area contributed by atoms with Gasteiger partial charge in [0.15, 0.2) is 0 Å². The number of cyclic esters (lactones) is 1. The van der Waals surface area contributed by atoms with Crippen LogP contribution < -0.4 is 0 Å². The molecule has 1 aliphatic rings. The number of nitrogens with zero attached hydrogens (tertiary/aromatic N) is 1. The van der Waals surface area contributed by atoms with Crippen LogP contribution in [0.2, 0.25) is 0 Å². The minimum Gasteiger partial charge on any atom is -0.447 e. The molecule has 0 aromatic rings. The predicted octanol–water partition coefficient (Wildman–Crippen LogP) is 1.56. The van der Waals surface area contributed by atoms with Gasteiger partial charge in [0.2, 0.25) is 5.91 Å². The monoisotopic (exact) mass is 255 g/mol. The number of ether oxygens (including phenoxy) is 1. The molecule has 2 amide bonds. The fourth-order valence-electron chi connectivity index (χ4n) is 1.96. The Morgan fingerprint density at radius 2 is 2.06 bits per heavy atom. The molecular weight excluding hydrogens is 234 g/mol. The Labute approximate surface area is 107 Å². The molecule has 1 rings (SSSR count). The van der Waals surface area contributed by atoms with Crippen molar-refractivity contribution in [2.45, 2.75) is 39.8 Å². The average Bonchev–Trinajstić information content (AvgIpc) is 2.68. The van der Waals surface area contributed by atoms with E-state index in [1.807, 2.05) is 13.8 Å². The number of carbonyl (C=O) groups excluding carboxylic acids is 2. The molecule has 3 atom stereocenters. The average molecular weight is 255 g/mol. The van der Waals surface area contributed by atoms with Crippen LogP contribution in [-0.2, 0) is 9.53 Å². The zero-order valence-electron chi connectivity index (χ0n) is 11.3. The molecule has 0 bridgehead atoms. The van der Waals surface area contributed by atoms with Crippen LogP contribution in [0.1, 0.15) is 27.7 Å². The van der Waals surface area contributed by atoms with Crippen molar-refractivity contribution in [2.75, 3.05) is 6.61 Å². The molecule has 0 aliphatic carbocycles. The van der Waals surface area contributed by atoms with E-state index >= 15 is 0 Å². The molecule has 18 heavy (non-hydrogen) atoms. The van der Waals surface area contributed by atoms with Gasteiger partial charge in [-0.1, -0.05) is 32.9 Å². The number of amides is 2. The lowest BCUT2D eigenvalue weighted by Gasteiger charge is -2.27. The second-order valence-corrected chi connectivity index (χ2v) is 5.18. The van der Waals surface area contributed by atoms with Crippen molar-refractivity contribution in [2.24, 2.45) is 11.8 Å². The molecule has 1 heterocycles. The van der Waals surface area contributed by atoms with E-state index < -0.39 is 24.0 Å². The van der Waals surface area contributed by atoms with Gasteiger partial charge in [-0.25, -0.2) is 9.69 Å². The van der Waals surface area contributed by atoms with Gasteiger partial charge in [-0.05, 0) is 12.8 Å². The second kappa shape index (κ2) is 5.52. The first-order chi connectivity index (χ1) is 8.27. The molecule has 1 aliphatic heterocycles. The first kappa shape index (κ1) is 14.7. The number of aliphatic hydroxyl groups excluding tert-OH is 1. The number of imide groups is 1. The fourth-order valence-corrected chi connectivity index (χ4v) is 1.96. The van der Waals surface area contributed by atoms with Crippen LogP contribution in [-0.4, -0.2) is 40.8 Å². The second-order valence-electron chi connectivity index (χ2n) is 5.18. The van der Waals surface area contributed by atoms with Crippen LogP contribution in [0.5, 0.6) is 0 Å². The van der Waals surface area contributed by atoms with E-state index in [4.69, 9.17) is 4.74 Å². The normalized spacial score (nSPS) is 22.9. The minimum atomic E-state index is -0.946.